The number of fused-ring (bicyclic) bond motifs is 1. The molecule has 2 aromatic rings. The molecule has 2 N–H and O–H groups in total. The molecule has 1 amide bonds. The minimum absolute atomic E-state index is 0.0221. The Morgan fingerprint density at radius 2 is 1.81 bits per heavy atom. The Morgan fingerprint density at radius 1 is 1.19 bits per heavy atom. The Morgan fingerprint density at radius 3 is 2.38 bits per heavy atom. The molecule has 21 heavy (non-hydrogen) atoms. The third kappa shape index (κ3) is 5.86. The van der Waals surface area contributed by atoms with Gasteiger partial charge in [0.1, 0.15) is 0 Å². The zero-order chi connectivity index (χ0) is 16.3. The number of hydrogen-bond donors (Lipinski definition) is 2. The molecule has 3 nitrogen and oxygen atoms in total. The van der Waals surface area contributed by atoms with E-state index in [0.29, 0.717) is 12.1 Å². The number of aromatic amines is 1. The first-order valence-corrected chi connectivity index (χ1v) is 7.75. The molecule has 1 heterocycles. The SMILES string of the molecule is CC.CC.CCNC(=O)/C(C)=C\c1cc2ccccc2[nH]1. The molecule has 0 aliphatic rings. The molecule has 0 atom stereocenters. The molecule has 0 spiro atoms. The van der Waals surface area contributed by atoms with Crippen LogP contribution in [-0.2, 0) is 4.79 Å². The largest absolute Gasteiger partial charge is 0.355 e. The number of H-pyrrole nitrogens is 1. The van der Waals surface area contributed by atoms with E-state index < -0.39 is 0 Å². The summed E-state index contributed by atoms with van der Waals surface area (Å²) in [7, 11) is 0. The number of carbonyl (C=O) groups excluding carboxylic acids is 1. The van der Waals surface area contributed by atoms with E-state index in [9.17, 15) is 4.79 Å². The van der Waals surface area contributed by atoms with Gasteiger partial charge in [-0.1, -0.05) is 45.9 Å². The number of amides is 1. The van der Waals surface area contributed by atoms with E-state index in [1.165, 1.54) is 0 Å². The molecule has 1 aromatic heterocycles. The van der Waals surface area contributed by atoms with E-state index >= 15 is 0 Å². The van der Waals surface area contributed by atoms with Crippen LogP contribution in [0.3, 0.4) is 0 Å². The van der Waals surface area contributed by atoms with Gasteiger partial charge in [-0.2, -0.15) is 0 Å². The minimum Gasteiger partial charge on any atom is -0.355 e. The summed E-state index contributed by atoms with van der Waals surface area (Å²) in [6.45, 7) is 12.4. The lowest BCUT2D eigenvalue weighted by Crippen LogP contribution is -2.23. The summed E-state index contributed by atoms with van der Waals surface area (Å²) in [6.07, 6.45) is 1.87. The van der Waals surface area contributed by atoms with Crippen LogP contribution in [0.2, 0.25) is 0 Å². The highest BCUT2D eigenvalue weighted by atomic mass is 16.1. The van der Waals surface area contributed by atoms with Crippen LogP contribution in [0.5, 0.6) is 0 Å². The number of hydrogen-bond acceptors (Lipinski definition) is 1. The third-order valence-electron chi connectivity index (χ3n) is 2.62. The van der Waals surface area contributed by atoms with Gasteiger partial charge >= 0.3 is 0 Å². The van der Waals surface area contributed by atoms with E-state index in [0.717, 1.165) is 16.6 Å². The molecule has 0 saturated carbocycles. The number of aromatic nitrogens is 1. The Labute approximate surface area is 128 Å². The summed E-state index contributed by atoms with van der Waals surface area (Å²) in [5, 5.41) is 3.93. The summed E-state index contributed by atoms with van der Waals surface area (Å²) in [6, 6.07) is 10.1. The zero-order valence-electron chi connectivity index (χ0n) is 14.1. The van der Waals surface area contributed by atoms with Crippen LogP contribution in [0, 0.1) is 0 Å². The van der Waals surface area contributed by atoms with Gasteiger partial charge in [-0.05, 0) is 37.4 Å². The van der Waals surface area contributed by atoms with Crippen molar-refractivity contribution in [1.82, 2.24) is 10.3 Å². The molecule has 2 rings (SSSR count). The number of benzene rings is 1. The summed E-state index contributed by atoms with van der Waals surface area (Å²) in [5.74, 6) is -0.0221. The van der Waals surface area contributed by atoms with Gasteiger partial charge < -0.3 is 10.3 Å². The van der Waals surface area contributed by atoms with E-state index in [1.807, 2.05) is 78.0 Å². The molecular formula is C18H28N2O. The van der Waals surface area contributed by atoms with Crippen molar-refractivity contribution in [2.45, 2.75) is 41.5 Å². The van der Waals surface area contributed by atoms with Crippen LogP contribution in [0.15, 0.2) is 35.9 Å². The van der Waals surface area contributed by atoms with E-state index in [1.54, 1.807) is 0 Å². The summed E-state index contributed by atoms with van der Waals surface area (Å²) in [4.78, 5) is 14.8. The van der Waals surface area contributed by atoms with E-state index in [2.05, 4.69) is 10.3 Å². The fraction of sp³-hybridized carbons (Fsp3) is 0.389. The number of para-hydroxylation sites is 1. The maximum absolute atomic E-state index is 11.6. The standard InChI is InChI=1S/C14H16N2O.2C2H6/c1-3-15-14(17)10(2)8-12-9-11-6-4-5-7-13(11)16-12;2*1-2/h4-9,16H,3H2,1-2H3,(H,15,17);2*1-2H3/b10-8-;;. The summed E-state index contributed by atoms with van der Waals surface area (Å²) < 4.78 is 0. The molecule has 3 heteroatoms. The highest BCUT2D eigenvalue weighted by Gasteiger charge is 2.03. The molecule has 0 unspecified atom stereocenters. The molecule has 0 aliphatic heterocycles. The molecule has 0 aliphatic carbocycles. The van der Waals surface area contributed by atoms with E-state index in [-0.39, 0.29) is 5.91 Å². The molecule has 0 radical (unpaired) electrons. The minimum atomic E-state index is -0.0221. The lowest BCUT2D eigenvalue weighted by atomic mass is 10.2. The van der Waals surface area contributed by atoms with Gasteiger partial charge in [0.05, 0.1) is 0 Å². The van der Waals surface area contributed by atoms with Gasteiger partial charge in [-0.25, -0.2) is 0 Å². The summed E-state index contributed by atoms with van der Waals surface area (Å²) in [5.41, 5.74) is 2.75. The second kappa shape index (κ2) is 10.7. The summed E-state index contributed by atoms with van der Waals surface area (Å²) >= 11 is 0. The van der Waals surface area contributed by atoms with Gasteiger partial charge in [0.25, 0.3) is 0 Å². The maximum Gasteiger partial charge on any atom is 0.246 e. The smallest absolute Gasteiger partial charge is 0.246 e. The second-order valence-electron chi connectivity index (χ2n) is 4.00. The fourth-order valence-electron chi connectivity index (χ4n) is 1.77. The Hall–Kier alpha value is -2.03. The number of likely N-dealkylation sites (N-methyl/N-ethyl adjacent to an activating group) is 1. The van der Waals surface area contributed by atoms with Crippen LogP contribution in [0.1, 0.15) is 47.2 Å². The van der Waals surface area contributed by atoms with Crippen LogP contribution in [-0.4, -0.2) is 17.4 Å². The number of carbonyl (C=O) groups is 1. The van der Waals surface area contributed by atoms with Crippen molar-refractivity contribution in [1.29, 1.82) is 0 Å². The van der Waals surface area contributed by atoms with Gasteiger partial charge in [-0.3, -0.25) is 4.79 Å². The van der Waals surface area contributed by atoms with Crippen LogP contribution < -0.4 is 5.32 Å². The third-order valence-corrected chi connectivity index (χ3v) is 2.62. The van der Waals surface area contributed by atoms with Crippen molar-refractivity contribution in [3.8, 4) is 0 Å². The molecule has 1 aromatic carbocycles. The molecule has 116 valence electrons. The normalized spacial score (nSPS) is 10.1. The highest BCUT2D eigenvalue weighted by molar-refractivity contribution is 5.97. The van der Waals surface area contributed by atoms with Gasteiger partial charge in [0.15, 0.2) is 0 Å². The van der Waals surface area contributed by atoms with Crippen molar-refractivity contribution in [3.63, 3.8) is 0 Å². The Balaban J connectivity index is 0.000000921. The quantitative estimate of drug-likeness (QED) is 0.786. The number of rotatable bonds is 3. The van der Waals surface area contributed by atoms with Crippen molar-refractivity contribution < 1.29 is 4.79 Å². The van der Waals surface area contributed by atoms with Crippen LogP contribution in [0.4, 0.5) is 0 Å². The highest BCUT2D eigenvalue weighted by Crippen LogP contribution is 2.16. The molecule has 0 fully saturated rings. The van der Waals surface area contributed by atoms with Gasteiger partial charge in [0, 0.05) is 23.3 Å². The van der Waals surface area contributed by atoms with Gasteiger partial charge in [-0.15, -0.1) is 0 Å². The van der Waals surface area contributed by atoms with Crippen LogP contribution in [0.25, 0.3) is 17.0 Å². The number of nitrogens with one attached hydrogen (secondary N) is 2. The first-order chi connectivity index (χ1) is 10.2. The lowest BCUT2D eigenvalue weighted by Gasteiger charge is -2.00. The van der Waals surface area contributed by atoms with E-state index in [4.69, 9.17) is 0 Å². The first kappa shape index (κ1) is 19.0. The Bertz CT molecular complexity index is 534. The monoisotopic (exact) mass is 288 g/mol. The lowest BCUT2D eigenvalue weighted by molar-refractivity contribution is -0.117. The van der Waals surface area contributed by atoms with Gasteiger partial charge in [0.2, 0.25) is 5.91 Å². The average Bonchev–Trinajstić information content (AvgIpc) is 2.93. The second-order valence-corrected chi connectivity index (χ2v) is 4.00. The fourth-order valence-corrected chi connectivity index (χ4v) is 1.77. The maximum atomic E-state index is 11.6. The van der Waals surface area contributed by atoms with Crippen molar-refractivity contribution in [3.05, 3.63) is 41.6 Å². The topological polar surface area (TPSA) is 44.9 Å². The van der Waals surface area contributed by atoms with Crippen molar-refractivity contribution in [2.75, 3.05) is 6.54 Å². The molecule has 0 saturated heterocycles. The van der Waals surface area contributed by atoms with Crippen molar-refractivity contribution >= 4 is 22.9 Å². The van der Waals surface area contributed by atoms with Crippen LogP contribution >= 0.6 is 0 Å². The Kier molecular flexibility index (Phi) is 9.69. The predicted molar refractivity (Wildman–Crippen MR) is 93.3 cm³/mol. The molecule has 0 bridgehead atoms. The van der Waals surface area contributed by atoms with Crippen molar-refractivity contribution in [2.24, 2.45) is 0 Å². The predicted octanol–water partition coefficient (Wildman–Crippen LogP) is 4.76. The average molecular weight is 288 g/mol. The first-order valence-electron chi connectivity index (χ1n) is 7.75. The molecular weight excluding hydrogens is 260 g/mol. The zero-order valence-corrected chi connectivity index (χ0v) is 14.1.